The number of rotatable bonds is 2. The van der Waals surface area contributed by atoms with Crippen LogP contribution in [-0.2, 0) is 6.42 Å². The molecule has 70 valence electrons. The maximum atomic E-state index is 12.2. The van der Waals surface area contributed by atoms with Gasteiger partial charge in [0.15, 0.2) is 0 Å². The molecule has 0 fully saturated rings. The van der Waals surface area contributed by atoms with Crippen molar-refractivity contribution in [3.8, 4) is 0 Å². The van der Waals surface area contributed by atoms with Crippen molar-refractivity contribution in [2.75, 3.05) is 24.7 Å². The fraction of sp³-hybridized carbons (Fsp3) is 0.400. The molecule has 1 nitrogen and oxygen atoms in total. The Morgan fingerprint density at radius 3 is 3.08 bits per heavy atom. The molecule has 0 atom stereocenters. The van der Waals surface area contributed by atoms with Gasteiger partial charge in [0.05, 0.1) is 0 Å². The maximum Gasteiger partial charge on any atom is 0.107 e. The molecule has 0 amide bonds. The molecule has 0 bridgehead atoms. The number of hydrogen-bond acceptors (Lipinski definition) is 1. The molecule has 13 heavy (non-hydrogen) atoms. The van der Waals surface area contributed by atoms with Crippen molar-refractivity contribution in [3.63, 3.8) is 0 Å². The second-order valence-corrected chi connectivity index (χ2v) is 3.64. The maximum absolute atomic E-state index is 12.2. The molecule has 0 aliphatic carbocycles. The van der Waals surface area contributed by atoms with Crippen LogP contribution >= 0.6 is 11.6 Å². The normalized spacial score (nSPS) is 14.8. The number of benzene rings is 1. The third-order valence-corrected chi connectivity index (χ3v) is 2.62. The Kier molecular flexibility index (Phi) is 2.40. The van der Waals surface area contributed by atoms with E-state index in [4.69, 9.17) is 11.6 Å². The lowest BCUT2D eigenvalue weighted by molar-refractivity contribution is 0.493. The molecule has 1 heterocycles. The first-order chi connectivity index (χ1) is 6.31. The third-order valence-electron chi connectivity index (χ3n) is 2.39. The molecule has 0 saturated heterocycles. The Labute approximate surface area is 82.1 Å². The Bertz CT molecular complexity index is 314. The summed E-state index contributed by atoms with van der Waals surface area (Å²) in [7, 11) is 0. The van der Waals surface area contributed by atoms with E-state index in [1.54, 1.807) is 0 Å². The second kappa shape index (κ2) is 3.54. The average Bonchev–Trinajstić information content (AvgIpc) is 2.49. The van der Waals surface area contributed by atoms with Gasteiger partial charge >= 0.3 is 0 Å². The number of anilines is 1. The molecule has 3 heteroatoms. The number of fused-ring (bicyclic) bond motifs is 1. The van der Waals surface area contributed by atoms with Gasteiger partial charge in [0.2, 0.25) is 0 Å². The van der Waals surface area contributed by atoms with Crippen molar-refractivity contribution in [3.05, 3.63) is 28.8 Å². The highest BCUT2D eigenvalue weighted by Crippen LogP contribution is 2.29. The van der Waals surface area contributed by atoms with Crippen molar-refractivity contribution < 1.29 is 4.39 Å². The van der Waals surface area contributed by atoms with Crippen molar-refractivity contribution in [1.82, 2.24) is 0 Å². The summed E-state index contributed by atoms with van der Waals surface area (Å²) in [5, 5.41) is 0.765. The van der Waals surface area contributed by atoms with Gasteiger partial charge in [0, 0.05) is 23.8 Å². The predicted molar refractivity (Wildman–Crippen MR) is 53.3 cm³/mol. The van der Waals surface area contributed by atoms with E-state index in [0.717, 1.165) is 23.7 Å². The number of alkyl halides is 1. The van der Waals surface area contributed by atoms with Gasteiger partial charge in [-0.2, -0.15) is 0 Å². The fourth-order valence-corrected chi connectivity index (χ4v) is 1.97. The molecule has 1 aromatic rings. The molecule has 1 aliphatic heterocycles. The summed E-state index contributed by atoms with van der Waals surface area (Å²) in [6.45, 7) is 1.12. The number of hydrogen-bond donors (Lipinski definition) is 0. The minimum atomic E-state index is -0.290. The van der Waals surface area contributed by atoms with Crippen LogP contribution < -0.4 is 4.90 Å². The minimum Gasteiger partial charge on any atom is -0.368 e. The fourth-order valence-electron chi connectivity index (χ4n) is 1.77. The molecular weight excluding hydrogens is 189 g/mol. The molecular formula is C10H11ClFN. The van der Waals surface area contributed by atoms with Gasteiger partial charge < -0.3 is 4.90 Å². The van der Waals surface area contributed by atoms with Crippen molar-refractivity contribution >= 4 is 17.3 Å². The van der Waals surface area contributed by atoms with E-state index in [1.165, 1.54) is 5.56 Å². The van der Waals surface area contributed by atoms with Gasteiger partial charge in [0.25, 0.3) is 0 Å². The van der Waals surface area contributed by atoms with Gasteiger partial charge in [-0.25, -0.2) is 4.39 Å². The van der Waals surface area contributed by atoms with Gasteiger partial charge in [0.1, 0.15) is 6.67 Å². The minimum absolute atomic E-state index is 0.290. The van der Waals surface area contributed by atoms with E-state index in [1.807, 2.05) is 18.2 Å². The lowest BCUT2D eigenvalue weighted by atomic mass is 10.2. The SMILES string of the molecule is FCCN1CCc2cc(Cl)ccc21. The first kappa shape index (κ1) is 8.82. The Hall–Kier alpha value is -0.760. The highest BCUT2D eigenvalue weighted by Gasteiger charge is 2.18. The van der Waals surface area contributed by atoms with E-state index in [2.05, 4.69) is 4.90 Å². The van der Waals surface area contributed by atoms with Crippen LogP contribution in [0.4, 0.5) is 10.1 Å². The third kappa shape index (κ3) is 1.63. The molecule has 2 rings (SSSR count). The van der Waals surface area contributed by atoms with Crippen molar-refractivity contribution in [2.45, 2.75) is 6.42 Å². The summed E-state index contributed by atoms with van der Waals surface area (Å²) in [6.07, 6.45) is 0.982. The highest BCUT2D eigenvalue weighted by molar-refractivity contribution is 6.30. The standard InChI is InChI=1S/C10H11ClFN/c11-9-1-2-10-8(7-9)3-5-13(10)6-4-12/h1-2,7H,3-6H2. The van der Waals surface area contributed by atoms with Crippen LogP contribution in [0.2, 0.25) is 5.02 Å². The van der Waals surface area contributed by atoms with Crippen LogP contribution in [0.25, 0.3) is 0 Å². The van der Waals surface area contributed by atoms with Crippen LogP contribution in [0.1, 0.15) is 5.56 Å². The quantitative estimate of drug-likeness (QED) is 0.708. The summed E-state index contributed by atoms with van der Waals surface area (Å²) in [6, 6.07) is 5.80. The lowest BCUT2D eigenvalue weighted by Crippen LogP contribution is -2.22. The van der Waals surface area contributed by atoms with Gasteiger partial charge in [-0.3, -0.25) is 0 Å². The summed E-state index contributed by atoms with van der Waals surface area (Å²) in [4.78, 5) is 2.06. The van der Waals surface area contributed by atoms with Gasteiger partial charge in [-0.05, 0) is 30.2 Å². The highest BCUT2D eigenvalue weighted by atomic mass is 35.5. The Balaban J connectivity index is 2.27. The average molecular weight is 200 g/mol. The summed E-state index contributed by atoms with van der Waals surface area (Å²) in [5.41, 5.74) is 2.38. The number of nitrogens with zero attached hydrogens (tertiary/aromatic N) is 1. The van der Waals surface area contributed by atoms with E-state index >= 15 is 0 Å². The smallest absolute Gasteiger partial charge is 0.107 e. The molecule has 0 radical (unpaired) electrons. The first-order valence-electron chi connectivity index (χ1n) is 4.40. The Morgan fingerprint density at radius 1 is 1.46 bits per heavy atom. The van der Waals surface area contributed by atoms with E-state index in [-0.39, 0.29) is 6.67 Å². The summed E-state index contributed by atoms with van der Waals surface area (Å²) in [5.74, 6) is 0. The molecule has 0 aromatic heterocycles. The number of halogens is 2. The molecule has 0 spiro atoms. The molecule has 0 unspecified atom stereocenters. The summed E-state index contributed by atoms with van der Waals surface area (Å²) >= 11 is 5.86. The van der Waals surface area contributed by atoms with Crippen LogP contribution in [0, 0.1) is 0 Å². The van der Waals surface area contributed by atoms with E-state index < -0.39 is 0 Å². The first-order valence-corrected chi connectivity index (χ1v) is 4.78. The van der Waals surface area contributed by atoms with Crippen LogP contribution in [0.3, 0.4) is 0 Å². The van der Waals surface area contributed by atoms with Crippen LogP contribution in [0.5, 0.6) is 0 Å². The monoisotopic (exact) mass is 199 g/mol. The van der Waals surface area contributed by atoms with Crippen molar-refractivity contribution in [1.29, 1.82) is 0 Å². The predicted octanol–water partition coefficient (Wildman–Crippen LogP) is 2.67. The molecule has 0 N–H and O–H groups in total. The van der Waals surface area contributed by atoms with Crippen molar-refractivity contribution in [2.24, 2.45) is 0 Å². The molecule has 1 aliphatic rings. The van der Waals surface area contributed by atoms with Gasteiger partial charge in [-0.15, -0.1) is 0 Å². The summed E-state index contributed by atoms with van der Waals surface area (Å²) < 4.78 is 12.2. The topological polar surface area (TPSA) is 3.24 Å². The van der Waals surface area contributed by atoms with Gasteiger partial charge in [-0.1, -0.05) is 11.6 Å². The molecule has 0 saturated carbocycles. The zero-order chi connectivity index (χ0) is 9.26. The second-order valence-electron chi connectivity index (χ2n) is 3.20. The van der Waals surface area contributed by atoms with E-state index in [9.17, 15) is 4.39 Å². The zero-order valence-corrected chi connectivity index (χ0v) is 8.02. The molecule has 1 aromatic carbocycles. The van der Waals surface area contributed by atoms with Crippen LogP contribution in [-0.4, -0.2) is 19.8 Å². The largest absolute Gasteiger partial charge is 0.368 e. The Morgan fingerprint density at radius 2 is 2.31 bits per heavy atom. The van der Waals surface area contributed by atoms with E-state index in [0.29, 0.717) is 6.54 Å². The van der Waals surface area contributed by atoms with Crippen LogP contribution in [0.15, 0.2) is 18.2 Å². The zero-order valence-electron chi connectivity index (χ0n) is 7.26. The lowest BCUT2D eigenvalue weighted by Gasteiger charge is -2.16.